The second-order valence-electron chi connectivity index (χ2n) is 6.27. The monoisotopic (exact) mass is 338 g/mol. The van der Waals surface area contributed by atoms with E-state index in [0.29, 0.717) is 6.42 Å². The molecule has 0 atom stereocenters. The third-order valence-electron chi connectivity index (χ3n) is 3.81. The van der Waals surface area contributed by atoms with Gasteiger partial charge in [0, 0.05) is 12.5 Å². The Hall–Kier alpha value is -3.40. The van der Waals surface area contributed by atoms with Crippen molar-refractivity contribution in [2.24, 2.45) is 0 Å². The van der Waals surface area contributed by atoms with Crippen molar-refractivity contribution in [1.29, 1.82) is 5.26 Å². The van der Waals surface area contributed by atoms with Crippen molar-refractivity contribution in [2.45, 2.75) is 25.9 Å². The Morgan fingerprint density at radius 3 is 2.72 bits per heavy atom. The molecule has 7 heteroatoms. The molecule has 0 unspecified atom stereocenters. The Bertz CT molecular complexity index is 928. The summed E-state index contributed by atoms with van der Waals surface area (Å²) < 4.78 is 11.1. The zero-order chi connectivity index (χ0) is 18.2. The van der Waals surface area contributed by atoms with Crippen LogP contribution in [0.15, 0.2) is 36.4 Å². The molecular formula is C18H14N2O5. The van der Waals surface area contributed by atoms with Gasteiger partial charge in [-0.15, -0.1) is 0 Å². The minimum atomic E-state index is -0.632. The topological polar surface area (TPSA) is 102 Å². The summed E-state index contributed by atoms with van der Waals surface area (Å²) in [7, 11) is 0. The standard InChI is InChI=1S/C18H14N2O5/c1-18(2)9-12-4-3-5-15(16(12)17(21)25-18)24-14-7-6-11(10-19)8-13(14)20(22)23/h3-8H,9H2,1-2H3. The number of carbonyl (C=O) groups is 1. The number of fused-ring (bicyclic) bond motifs is 1. The second-order valence-corrected chi connectivity index (χ2v) is 6.27. The fourth-order valence-corrected chi connectivity index (χ4v) is 2.77. The van der Waals surface area contributed by atoms with Gasteiger partial charge in [-0.25, -0.2) is 4.79 Å². The molecule has 0 aliphatic carbocycles. The first-order chi connectivity index (χ1) is 11.8. The molecular weight excluding hydrogens is 324 g/mol. The van der Waals surface area contributed by atoms with Crippen LogP contribution in [0.25, 0.3) is 0 Å². The van der Waals surface area contributed by atoms with Crippen molar-refractivity contribution in [1.82, 2.24) is 0 Å². The van der Waals surface area contributed by atoms with E-state index in [1.165, 1.54) is 12.1 Å². The van der Waals surface area contributed by atoms with E-state index in [9.17, 15) is 14.9 Å². The van der Waals surface area contributed by atoms with Crippen molar-refractivity contribution >= 4 is 11.7 Å². The smallest absolute Gasteiger partial charge is 0.342 e. The lowest BCUT2D eigenvalue weighted by atomic mass is 9.91. The number of nitriles is 1. The molecule has 0 amide bonds. The molecule has 0 aromatic heterocycles. The predicted molar refractivity (Wildman–Crippen MR) is 87.5 cm³/mol. The van der Waals surface area contributed by atoms with Crippen LogP contribution in [-0.2, 0) is 11.2 Å². The molecule has 0 radical (unpaired) electrons. The van der Waals surface area contributed by atoms with Gasteiger partial charge in [-0.3, -0.25) is 10.1 Å². The lowest BCUT2D eigenvalue weighted by Crippen LogP contribution is -2.36. The van der Waals surface area contributed by atoms with Crippen molar-refractivity contribution < 1.29 is 19.2 Å². The maximum atomic E-state index is 12.4. The first-order valence-electron chi connectivity index (χ1n) is 7.52. The van der Waals surface area contributed by atoms with Gasteiger partial charge in [-0.1, -0.05) is 12.1 Å². The van der Waals surface area contributed by atoms with Crippen molar-refractivity contribution in [3.8, 4) is 17.6 Å². The molecule has 0 saturated heterocycles. The molecule has 2 aromatic rings. The van der Waals surface area contributed by atoms with E-state index in [-0.39, 0.29) is 28.3 Å². The molecule has 0 N–H and O–H groups in total. The van der Waals surface area contributed by atoms with E-state index in [2.05, 4.69) is 0 Å². The molecule has 0 spiro atoms. The number of cyclic esters (lactones) is 1. The van der Waals surface area contributed by atoms with Crippen LogP contribution in [0.3, 0.4) is 0 Å². The lowest BCUT2D eigenvalue weighted by molar-refractivity contribution is -0.385. The summed E-state index contributed by atoms with van der Waals surface area (Å²) in [5, 5.41) is 20.1. The van der Waals surface area contributed by atoms with E-state index in [0.717, 1.165) is 11.6 Å². The van der Waals surface area contributed by atoms with Crippen molar-refractivity contribution in [3.63, 3.8) is 0 Å². The Balaban J connectivity index is 2.05. The summed E-state index contributed by atoms with van der Waals surface area (Å²) >= 11 is 0. The van der Waals surface area contributed by atoms with Crippen LogP contribution in [0, 0.1) is 21.4 Å². The summed E-state index contributed by atoms with van der Waals surface area (Å²) in [6.45, 7) is 3.62. The van der Waals surface area contributed by atoms with Gasteiger partial charge in [-0.2, -0.15) is 5.26 Å². The number of rotatable bonds is 3. The first kappa shape index (κ1) is 16.5. The van der Waals surface area contributed by atoms with Gasteiger partial charge < -0.3 is 9.47 Å². The number of nitro groups is 1. The number of hydrogen-bond donors (Lipinski definition) is 0. The van der Waals surface area contributed by atoms with E-state index in [1.807, 2.05) is 19.9 Å². The van der Waals surface area contributed by atoms with Crippen LogP contribution in [0.1, 0.15) is 35.3 Å². The Labute approximate surface area is 143 Å². The van der Waals surface area contributed by atoms with Crippen molar-refractivity contribution in [2.75, 3.05) is 0 Å². The highest BCUT2D eigenvalue weighted by Crippen LogP contribution is 2.38. The first-order valence-corrected chi connectivity index (χ1v) is 7.52. The molecule has 1 aliphatic rings. The summed E-state index contributed by atoms with van der Waals surface area (Å²) in [6, 6.07) is 10.8. The van der Waals surface area contributed by atoms with Crippen LogP contribution in [0.2, 0.25) is 0 Å². The summed E-state index contributed by atoms with van der Waals surface area (Å²) in [4.78, 5) is 23.0. The van der Waals surface area contributed by atoms with Crippen LogP contribution in [-0.4, -0.2) is 16.5 Å². The maximum Gasteiger partial charge on any atom is 0.342 e. The largest absolute Gasteiger partial charge is 0.456 e. The Kier molecular flexibility index (Phi) is 3.89. The second kappa shape index (κ2) is 5.91. The molecule has 2 aromatic carbocycles. The number of benzene rings is 2. The highest BCUT2D eigenvalue weighted by Gasteiger charge is 2.35. The summed E-state index contributed by atoms with van der Waals surface area (Å²) in [5.74, 6) is -0.390. The number of nitro benzene ring substituents is 1. The minimum Gasteiger partial charge on any atom is -0.456 e. The van der Waals surface area contributed by atoms with Crippen LogP contribution >= 0.6 is 0 Å². The quantitative estimate of drug-likeness (QED) is 0.480. The minimum absolute atomic E-state index is 0.0463. The number of carbonyl (C=O) groups excluding carboxylic acids is 1. The number of nitrogens with zero attached hydrogens (tertiary/aromatic N) is 2. The summed E-state index contributed by atoms with van der Waals surface area (Å²) in [6.07, 6.45) is 0.515. The SMILES string of the molecule is CC1(C)Cc2cccc(Oc3ccc(C#N)cc3[N+](=O)[O-])c2C(=O)O1. The highest BCUT2D eigenvalue weighted by molar-refractivity contribution is 5.95. The van der Waals surface area contributed by atoms with Gasteiger partial charge in [-0.05, 0) is 37.6 Å². The van der Waals surface area contributed by atoms with Gasteiger partial charge in [0.05, 0.1) is 16.6 Å². The fourth-order valence-electron chi connectivity index (χ4n) is 2.77. The van der Waals surface area contributed by atoms with Gasteiger partial charge in [0.2, 0.25) is 5.75 Å². The molecule has 1 aliphatic heterocycles. The molecule has 0 bridgehead atoms. The van der Waals surface area contributed by atoms with Crippen molar-refractivity contribution in [3.05, 3.63) is 63.2 Å². The fraction of sp³-hybridized carbons (Fsp3) is 0.222. The van der Waals surface area contributed by atoms with E-state index < -0.39 is 16.5 Å². The van der Waals surface area contributed by atoms with Gasteiger partial charge in [0.1, 0.15) is 16.9 Å². The third kappa shape index (κ3) is 3.15. The van der Waals surface area contributed by atoms with Gasteiger partial charge in [0.15, 0.2) is 0 Å². The molecule has 25 heavy (non-hydrogen) atoms. The zero-order valence-electron chi connectivity index (χ0n) is 13.6. The predicted octanol–water partition coefficient (Wildman–Crippen LogP) is 3.75. The molecule has 7 nitrogen and oxygen atoms in total. The highest BCUT2D eigenvalue weighted by atomic mass is 16.6. The average Bonchev–Trinajstić information content (AvgIpc) is 2.53. The molecule has 1 heterocycles. The molecule has 126 valence electrons. The third-order valence-corrected chi connectivity index (χ3v) is 3.81. The van der Waals surface area contributed by atoms with Crippen LogP contribution in [0.5, 0.6) is 11.5 Å². The maximum absolute atomic E-state index is 12.4. The molecule has 0 saturated carbocycles. The molecule has 0 fully saturated rings. The van der Waals surface area contributed by atoms with E-state index >= 15 is 0 Å². The van der Waals surface area contributed by atoms with Crippen LogP contribution < -0.4 is 4.74 Å². The van der Waals surface area contributed by atoms with E-state index in [1.54, 1.807) is 18.2 Å². The number of esters is 1. The number of hydrogen-bond acceptors (Lipinski definition) is 6. The Morgan fingerprint density at radius 1 is 1.28 bits per heavy atom. The van der Waals surface area contributed by atoms with Gasteiger partial charge in [0.25, 0.3) is 0 Å². The van der Waals surface area contributed by atoms with E-state index in [4.69, 9.17) is 14.7 Å². The van der Waals surface area contributed by atoms with Crippen LogP contribution in [0.4, 0.5) is 5.69 Å². The average molecular weight is 338 g/mol. The lowest BCUT2D eigenvalue weighted by Gasteiger charge is -2.31. The summed E-state index contributed by atoms with van der Waals surface area (Å²) in [5.41, 5.74) is 0.204. The normalized spacial score (nSPS) is 14.8. The zero-order valence-corrected chi connectivity index (χ0v) is 13.6. The Morgan fingerprint density at radius 2 is 2.04 bits per heavy atom. The number of ether oxygens (including phenoxy) is 2. The molecule has 3 rings (SSSR count). The van der Waals surface area contributed by atoms with Gasteiger partial charge >= 0.3 is 11.7 Å².